The van der Waals surface area contributed by atoms with Gasteiger partial charge in [0.15, 0.2) is 11.6 Å². The van der Waals surface area contributed by atoms with Crippen molar-refractivity contribution in [2.45, 2.75) is 38.5 Å². The van der Waals surface area contributed by atoms with Crippen LogP contribution in [0.2, 0.25) is 0 Å². The Balaban J connectivity index is 0.00000277. The van der Waals surface area contributed by atoms with Crippen LogP contribution >= 0.6 is 0 Å². The van der Waals surface area contributed by atoms with Crippen molar-refractivity contribution in [1.82, 2.24) is 39.0 Å². The van der Waals surface area contributed by atoms with E-state index >= 15 is 0 Å². The third kappa shape index (κ3) is 3.93. The van der Waals surface area contributed by atoms with Gasteiger partial charge in [0.05, 0.1) is 11.4 Å². The minimum atomic E-state index is -0.522. The van der Waals surface area contributed by atoms with Crippen molar-refractivity contribution < 1.29 is 21.1 Å². The van der Waals surface area contributed by atoms with Gasteiger partial charge in [-0.25, -0.2) is 9.97 Å². The molecule has 8 nitrogen and oxygen atoms in total. The number of hydrogen-bond acceptors (Lipinski definition) is 4. The molecule has 0 unspecified atom stereocenters. The van der Waals surface area contributed by atoms with Gasteiger partial charge < -0.3 is 19.9 Å². The number of benzene rings is 2. The molecule has 0 aliphatic carbocycles. The summed E-state index contributed by atoms with van der Waals surface area (Å²) < 4.78 is 4.23. The molecule has 0 amide bonds. The maximum Gasteiger partial charge on any atom is 2.00 e. The molecule has 1 aliphatic rings. The van der Waals surface area contributed by atoms with Crippen LogP contribution in [0, 0.1) is 0 Å². The van der Waals surface area contributed by atoms with Crippen LogP contribution in [0.15, 0.2) is 85.5 Å². The third-order valence-electron chi connectivity index (χ3n) is 7.51. The van der Waals surface area contributed by atoms with Gasteiger partial charge in [-0.15, -0.1) is 0 Å². The number of rotatable bonds is 2. The van der Waals surface area contributed by atoms with Crippen LogP contribution in [-0.4, -0.2) is 29.1 Å². The average Bonchev–Trinajstić information content (AvgIpc) is 3.73. The fourth-order valence-corrected chi connectivity index (χ4v) is 4.92. The molecule has 0 saturated heterocycles. The normalized spacial score (nSPS) is 14.9. The van der Waals surface area contributed by atoms with Gasteiger partial charge in [-0.2, -0.15) is 0 Å². The number of aromatic nitrogens is 8. The van der Waals surface area contributed by atoms with Crippen molar-refractivity contribution in [3.63, 3.8) is 0 Å². The van der Waals surface area contributed by atoms with E-state index in [-0.39, 0.29) is 21.1 Å². The van der Waals surface area contributed by atoms with Crippen LogP contribution in [0.1, 0.15) is 50.5 Å². The minimum absolute atomic E-state index is 0. The Kier molecular flexibility index (Phi) is 5.84. The molecule has 9 heteroatoms. The quantitative estimate of drug-likeness (QED) is 0.252. The van der Waals surface area contributed by atoms with Crippen LogP contribution < -0.4 is 9.97 Å². The molecule has 0 N–H and O–H groups in total. The SMILES string of the molecule is CC1(C)c2cn(-c3ccccc3)c(n2)-c2nc(cn2-c2ccccc2)C(C)(C)c2cnc([n-]2)-c2ncc1[n-]2.[Pt+2]. The largest absolute Gasteiger partial charge is 2.00 e. The molecule has 7 rings (SSSR count). The second-order valence-corrected chi connectivity index (χ2v) is 10.7. The van der Waals surface area contributed by atoms with Crippen molar-refractivity contribution in [2.24, 2.45) is 0 Å². The second kappa shape index (κ2) is 9.02. The van der Waals surface area contributed by atoms with E-state index in [1.807, 2.05) is 36.4 Å². The first-order valence-corrected chi connectivity index (χ1v) is 12.6. The first kappa shape index (κ1) is 25.3. The fraction of sp³-hybridized carbons (Fsp3) is 0.200. The van der Waals surface area contributed by atoms with Crippen molar-refractivity contribution in [1.29, 1.82) is 0 Å². The van der Waals surface area contributed by atoms with E-state index in [1.165, 1.54) is 0 Å². The summed E-state index contributed by atoms with van der Waals surface area (Å²) in [5.74, 6) is 2.53. The van der Waals surface area contributed by atoms with Crippen LogP contribution in [0.3, 0.4) is 0 Å². The summed E-state index contributed by atoms with van der Waals surface area (Å²) in [5.41, 5.74) is 4.32. The molecule has 4 aromatic heterocycles. The van der Waals surface area contributed by atoms with E-state index in [1.54, 1.807) is 12.4 Å². The van der Waals surface area contributed by atoms with Crippen LogP contribution in [-0.2, 0) is 31.9 Å². The predicted octanol–water partition coefficient (Wildman–Crippen LogP) is 5.06. The Morgan fingerprint density at radius 2 is 0.974 bits per heavy atom. The summed E-state index contributed by atoms with van der Waals surface area (Å²) in [7, 11) is 0. The molecule has 1 aliphatic heterocycles. The van der Waals surface area contributed by atoms with Crippen molar-refractivity contribution >= 4 is 0 Å². The molecular formula is C30H26N8Pt. The summed E-state index contributed by atoms with van der Waals surface area (Å²) in [6, 6.07) is 20.5. The van der Waals surface area contributed by atoms with E-state index in [0.717, 1.165) is 45.8 Å². The number of hydrogen-bond donors (Lipinski definition) is 0. The van der Waals surface area contributed by atoms with E-state index in [0.29, 0.717) is 11.6 Å². The Hall–Kier alpha value is -4.03. The monoisotopic (exact) mass is 693 g/mol. The predicted molar refractivity (Wildman–Crippen MR) is 144 cm³/mol. The molecule has 0 atom stereocenters. The number of imidazole rings is 4. The van der Waals surface area contributed by atoms with Crippen molar-refractivity contribution in [2.75, 3.05) is 0 Å². The summed E-state index contributed by atoms with van der Waals surface area (Å²) in [6.45, 7) is 8.46. The van der Waals surface area contributed by atoms with Crippen molar-refractivity contribution in [3.05, 3.63) is 108 Å². The molecule has 6 aromatic rings. The molecule has 2 aromatic carbocycles. The molecule has 8 bridgehead atoms. The molecule has 0 spiro atoms. The Labute approximate surface area is 240 Å². The second-order valence-electron chi connectivity index (χ2n) is 10.7. The first-order chi connectivity index (χ1) is 18.3. The molecule has 0 radical (unpaired) electrons. The maximum absolute atomic E-state index is 5.24. The van der Waals surface area contributed by atoms with Gasteiger partial charge in [0.25, 0.3) is 0 Å². The molecule has 39 heavy (non-hydrogen) atoms. The molecule has 5 heterocycles. The van der Waals surface area contributed by atoms with Gasteiger partial charge in [0, 0.05) is 34.6 Å². The van der Waals surface area contributed by atoms with E-state index in [4.69, 9.17) is 19.9 Å². The molecular weight excluding hydrogens is 667 g/mol. The minimum Gasteiger partial charge on any atom is -0.443 e. The molecule has 196 valence electrons. The maximum atomic E-state index is 5.24. The van der Waals surface area contributed by atoms with E-state index in [9.17, 15) is 0 Å². The first-order valence-electron chi connectivity index (χ1n) is 12.6. The van der Waals surface area contributed by atoms with Crippen LogP contribution in [0.4, 0.5) is 0 Å². The van der Waals surface area contributed by atoms with Gasteiger partial charge in [0.2, 0.25) is 0 Å². The topological polar surface area (TPSA) is 89.6 Å². The zero-order valence-electron chi connectivity index (χ0n) is 22.0. The van der Waals surface area contributed by atoms with Gasteiger partial charge >= 0.3 is 21.1 Å². The zero-order valence-corrected chi connectivity index (χ0v) is 24.2. The van der Waals surface area contributed by atoms with Gasteiger partial charge in [0.1, 0.15) is 0 Å². The van der Waals surface area contributed by atoms with E-state index < -0.39 is 10.8 Å². The Bertz CT molecular complexity index is 1640. The van der Waals surface area contributed by atoms with Gasteiger partial charge in [-0.3, -0.25) is 9.13 Å². The van der Waals surface area contributed by atoms with E-state index in [2.05, 4.69) is 83.5 Å². The smallest absolute Gasteiger partial charge is 0.443 e. The molecule has 0 fully saturated rings. The number of fused-ring (bicyclic) bond motifs is 10. The van der Waals surface area contributed by atoms with Gasteiger partial charge in [-0.05, 0) is 24.3 Å². The van der Waals surface area contributed by atoms with Crippen LogP contribution in [0.5, 0.6) is 0 Å². The summed E-state index contributed by atoms with van der Waals surface area (Å²) >= 11 is 0. The Morgan fingerprint density at radius 1 is 0.590 bits per heavy atom. The molecule has 0 saturated carbocycles. The average molecular weight is 694 g/mol. The fourth-order valence-electron chi connectivity index (χ4n) is 4.92. The third-order valence-corrected chi connectivity index (χ3v) is 7.51. The van der Waals surface area contributed by atoms with Gasteiger partial charge in [-0.1, -0.05) is 99.5 Å². The zero-order chi connectivity index (χ0) is 26.1. The Morgan fingerprint density at radius 3 is 1.36 bits per heavy atom. The van der Waals surface area contributed by atoms with Crippen LogP contribution in [0.25, 0.3) is 34.7 Å². The number of para-hydroxylation sites is 2. The summed E-state index contributed by atoms with van der Waals surface area (Å²) in [4.78, 5) is 29.3. The number of nitrogens with zero attached hydrogens (tertiary/aromatic N) is 8. The van der Waals surface area contributed by atoms with Crippen molar-refractivity contribution in [3.8, 4) is 34.7 Å². The summed E-state index contributed by atoms with van der Waals surface area (Å²) in [5, 5.41) is 0. The standard InChI is InChI=1S/C30H26N8.Pt/c1-29(2)21-15-31-25(33-21)26-32-16-22(34-26)30(3,4)24-18-38(20-13-9-6-10-14-20)28(36-24)27-35-23(29)17-37(27)19-11-7-5-8-12-19;/h5-18H,1-4H3;/q-2;+2. The summed E-state index contributed by atoms with van der Waals surface area (Å²) in [6.07, 6.45) is 7.79.